The molecule has 2 amide bonds. The Labute approximate surface area is 167 Å². The molecule has 1 aromatic heterocycles. The van der Waals surface area contributed by atoms with Crippen molar-refractivity contribution in [2.45, 2.75) is 19.3 Å². The van der Waals surface area contributed by atoms with Crippen molar-refractivity contribution in [3.8, 4) is 5.69 Å². The summed E-state index contributed by atoms with van der Waals surface area (Å²) in [5.41, 5.74) is 3.23. The number of carbonyl (C=O) groups is 2. The van der Waals surface area contributed by atoms with Crippen molar-refractivity contribution in [1.29, 1.82) is 0 Å². The van der Waals surface area contributed by atoms with E-state index in [1.165, 1.54) is 11.3 Å². The molecule has 0 saturated carbocycles. The summed E-state index contributed by atoms with van der Waals surface area (Å²) >= 11 is 0. The second-order valence-electron chi connectivity index (χ2n) is 6.58. The van der Waals surface area contributed by atoms with Crippen LogP contribution in [0.4, 0.5) is 5.69 Å². The number of hydrogen-bond acceptors (Lipinski definition) is 5. The number of rotatable bonds is 6. The maximum atomic E-state index is 12.4. The number of hydrazone groups is 1. The van der Waals surface area contributed by atoms with Crippen LogP contribution in [0.15, 0.2) is 72.4 Å². The molecule has 0 unspecified atom stereocenters. The number of anilines is 1. The van der Waals surface area contributed by atoms with Crippen molar-refractivity contribution in [3.05, 3.63) is 72.8 Å². The lowest BCUT2D eigenvalue weighted by Crippen LogP contribution is -2.25. The fourth-order valence-electron chi connectivity index (χ4n) is 3.14. The molecule has 8 nitrogen and oxygen atoms in total. The quantitative estimate of drug-likeness (QED) is 0.703. The lowest BCUT2D eigenvalue weighted by atomic mass is 10.1. The maximum absolute atomic E-state index is 12.4. The van der Waals surface area contributed by atoms with Gasteiger partial charge in [-0.25, -0.2) is 14.7 Å². The van der Waals surface area contributed by atoms with E-state index < -0.39 is 0 Å². The molecule has 4 rings (SSSR count). The van der Waals surface area contributed by atoms with Gasteiger partial charge in [0.2, 0.25) is 11.8 Å². The Morgan fingerprint density at radius 2 is 1.79 bits per heavy atom. The third-order valence-electron chi connectivity index (χ3n) is 4.61. The predicted molar refractivity (Wildman–Crippen MR) is 109 cm³/mol. The van der Waals surface area contributed by atoms with E-state index >= 15 is 0 Å². The summed E-state index contributed by atoms with van der Waals surface area (Å²) < 4.78 is 1.57. The molecule has 2 heterocycles. The second-order valence-corrected chi connectivity index (χ2v) is 6.58. The van der Waals surface area contributed by atoms with E-state index in [9.17, 15) is 9.59 Å². The molecule has 3 aromatic rings. The predicted octanol–water partition coefficient (Wildman–Crippen LogP) is 2.62. The van der Waals surface area contributed by atoms with Gasteiger partial charge in [-0.3, -0.25) is 9.59 Å². The summed E-state index contributed by atoms with van der Waals surface area (Å²) in [7, 11) is 0. The van der Waals surface area contributed by atoms with Crippen molar-refractivity contribution in [1.82, 2.24) is 19.8 Å². The molecule has 0 spiro atoms. The van der Waals surface area contributed by atoms with Gasteiger partial charge in [0.25, 0.3) is 0 Å². The third-order valence-corrected chi connectivity index (χ3v) is 4.61. The van der Waals surface area contributed by atoms with E-state index in [2.05, 4.69) is 20.5 Å². The molecule has 0 saturated heterocycles. The molecule has 2 aromatic carbocycles. The monoisotopic (exact) mass is 388 g/mol. The van der Waals surface area contributed by atoms with Gasteiger partial charge in [-0.1, -0.05) is 42.5 Å². The van der Waals surface area contributed by atoms with Gasteiger partial charge in [0.05, 0.1) is 23.6 Å². The summed E-state index contributed by atoms with van der Waals surface area (Å²) in [4.78, 5) is 28.8. The molecule has 29 heavy (non-hydrogen) atoms. The molecule has 0 bridgehead atoms. The van der Waals surface area contributed by atoms with Gasteiger partial charge < -0.3 is 5.32 Å². The molecule has 1 aliphatic rings. The Morgan fingerprint density at radius 1 is 1.00 bits per heavy atom. The molecule has 0 radical (unpaired) electrons. The third kappa shape index (κ3) is 4.37. The fraction of sp³-hybridized carbons (Fsp3) is 0.190. The average molecular weight is 388 g/mol. The van der Waals surface area contributed by atoms with Gasteiger partial charge >= 0.3 is 0 Å². The summed E-state index contributed by atoms with van der Waals surface area (Å²) in [6.45, 7) is 0.541. The summed E-state index contributed by atoms with van der Waals surface area (Å²) in [6, 6.07) is 17.1. The molecule has 146 valence electrons. The van der Waals surface area contributed by atoms with E-state index in [0.717, 1.165) is 11.3 Å². The number of hydrogen-bond donors (Lipinski definition) is 1. The standard InChI is InChI=1S/C21H20N6O2/c28-20(24-18-8-4-5-9-19(18)27-15-22-14-23-27)10-11-21(29)26-13-12-17(25-26)16-6-2-1-3-7-16/h1-9,14-15H,10-13H2,(H,24,28). The number of nitrogens with zero attached hydrogens (tertiary/aromatic N) is 5. The fourth-order valence-corrected chi connectivity index (χ4v) is 3.14. The van der Waals surface area contributed by atoms with Crippen molar-refractivity contribution in [2.24, 2.45) is 5.10 Å². The van der Waals surface area contributed by atoms with Crippen LogP contribution in [0, 0.1) is 0 Å². The minimum absolute atomic E-state index is 0.0806. The Balaban J connectivity index is 1.34. The number of para-hydroxylation sites is 2. The van der Waals surface area contributed by atoms with Crippen LogP contribution in [0.2, 0.25) is 0 Å². The van der Waals surface area contributed by atoms with Gasteiger partial charge in [0, 0.05) is 19.3 Å². The van der Waals surface area contributed by atoms with Crippen LogP contribution < -0.4 is 5.32 Å². The smallest absolute Gasteiger partial charge is 0.243 e. The Hall–Kier alpha value is -3.81. The van der Waals surface area contributed by atoms with Crippen LogP contribution in [-0.2, 0) is 9.59 Å². The van der Waals surface area contributed by atoms with E-state index in [1.807, 2.05) is 48.5 Å². The minimum Gasteiger partial charge on any atom is -0.324 e. The molecule has 1 N–H and O–H groups in total. The first-order valence-corrected chi connectivity index (χ1v) is 9.38. The van der Waals surface area contributed by atoms with Crippen LogP contribution in [-0.4, -0.2) is 43.8 Å². The Morgan fingerprint density at radius 3 is 2.59 bits per heavy atom. The van der Waals surface area contributed by atoms with Gasteiger partial charge in [-0.2, -0.15) is 10.2 Å². The maximum Gasteiger partial charge on any atom is 0.243 e. The second kappa shape index (κ2) is 8.47. The highest BCUT2D eigenvalue weighted by Crippen LogP contribution is 2.19. The topological polar surface area (TPSA) is 92.5 Å². The number of amides is 2. The lowest BCUT2D eigenvalue weighted by molar-refractivity contribution is -0.132. The van der Waals surface area contributed by atoms with E-state index in [4.69, 9.17) is 0 Å². The van der Waals surface area contributed by atoms with Crippen molar-refractivity contribution < 1.29 is 9.59 Å². The zero-order chi connectivity index (χ0) is 20.1. The van der Waals surface area contributed by atoms with Crippen molar-refractivity contribution >= 4 is 23.2 Å². The van der Waals surface area contributed by atoms with Crippen LogP contribution in [0.5, 0.6) is 0 Å². The van der Waals surface area contributed by atoms with Crippen molar-refractivity contribution in [2.75, 3.05) is 11.9 Å². The highest BCUT2D eigenvalue weighted by atomic mass is 16.2. The van der Waals surface area contributed by atoms with Crippen molar-refractivity contribution in [3.63, 3.8) is 0 Å². The molecule has 1 aliphatic heterocycles. The van der Waals surface area contributed by atoms with Gasteiger partial charge in [-0.15, -0.1) is 0 Å². The number of carbonyl (C=O) groups excluding carboxylic acids is 2. The SMILES string of the molecule is O=C(CCC(=O)N1CCC(c2ccccc2)=N1)Nc1ccccc1-n1cncn1. The normalized spacial score (nSPS) is 13.2. The molecule has 8 heteroatoms. The zero-order valence-electron chi connectivity index (χ0n) is 15.7. The lowest BCUT2D eigenvalue weighted by Gasteiger charge is -2.12. The average Bonchev–Trinajstić information content (AvgIpc) is 3.45. The van der Waals surface area contributed by atoms with Gasteiger partial charge in [-0.05, 0) is 17.7 Å². The first-order valence-electron chi connectivity index (χ1n) is 9.38. The van der Waals surface area contributed by atoms with Crippen LogP contribution >= 0.6 is 0 Å². The molecule has 0 fully saturated rings. The van der Waals surface area contributed by atoms with E-state index in [-0.39, 0.29) is 24.7 Å². The number of nitrogens with one attached hydrogen (secondary N) is 1. The summed E-state index contributed by atoms with van der Waals surface area (Å²) in [5.74, 6) is -0.395. The highest BCUT2D eigenvalue weighted by molar-refractivity contribution is 6.03. The Bertz CT molecular complexity index is 1030. The molecule has 0 aliphatic carbocycles. The summed E-state index contributed by atoms with van der Waals surface area (Å²) in [5, 5.41) is 12.8. The Kier molecular flexibility index (Phi) is 5.42. The molecular formula is C21H20N6O2. The van der Waals surface area contributed by atoms with E-state index in [0.29, 0.717) is 24.3 Å². The first-order chi connectivity index (χ1) is 14.2. The first kappa shape index (κ1) is 18.5. The van der Waals surface area contributed by atoms with Crippen LogP contribution in [0.3, 0.4) is 0 Å². The number of aromatic nitrogens is 3. The van der Waals surface area contributed by atoms with E-state index in [1.54, 1.807) is 17.1 Å². The van der Waals surface area contributed by atoms with Crippen LogP contribution in [0.25, 0.3) is 5.69 Å². The minimum atomic E-state index is -0.239. The molecule has 0 atom stereocenters. The molecular weight excluding hydrogens is 368 g/mol. The van der Waals surface area contributed by atoms with Crippen LogP contribution in [0.1, 0.15) is 24.8 Å². The zero-order valence-corrected chi connectivity index (χ0v) is 15.7. The highest BCUT2D eigenvalue weighted by Gasteiger charge is 2.22. The largest absolute Gasteiger partial charge is 0.324 e. The van der Waals surface area contributed by atoms with Gasteiger partial charge in [0.15, 0.2) is 0 Å². The summed E-state index contributed by atoms with van der Waals surface area (Å²) in [6.07, 6.45) is 3.88. The number of benzene rings is 2. The van der Waals surface area contributed by atoms with Gasteiger partial charge in [0.1, 0.15) is 12.7 Å².